The van der Waals surface area contributed by atoms with E-state index in [1.807, 2.05) is 79.7 Å². The molecule has 0 atom stereocenters. The molecule has 1 amide bonds. The van der Waals surface area contributed by atoms with E-state index in [4.69, 9.17) is 19.3 Å². The normalized spacial score (nSPS) is 10.6. The Labute approximate surface area is 205 Å². The number of hydrogen-bond acceptors (Lipinski definition) is 5. The summed E-state index contributed by atoms with van der Waals surface area (Å²) in [5.41, 5.74) is 5.06. The van der Waals surface area contributed by atoms with Crippen LogP contribution in [0.15, 0.2) is 72.8 Å². The van der Waals surface area contributed by atoms with Gasteiger partial charge in [0.2, 0.25) is 0 Å². The summed E-state index contributed by atoms with van der Waals surface area (Å²) in [5, 5.41) is 7.78. The predicted octanol–water partition coefficient (Wildman–Crippen LogP) is 4.85. The summed E-state index contributed by atoms with van der Waals surface area (Å²) in [7, 11) is 4.84. The van der Waals surface area contributed by atoms with Gasteiger partial charge in [-0.15, -0.1) is 0 Å². The van der Waals surface area contributed by atoms with Crippen LogP contribution in [-0.2, 0) is 6.42 Å². The van der Waals surface area contributed by atoms with Crippen molar-refractivity contribution >= 4 is 5.91 Å². The fourth-order valence-electron chi connectivity index (χ4n) is 3.78. The molecular weight excluding hydrogens is 442 g/mol. The molecule has 1 heterocycles. The van der Waals surface area contributed by atoms with Gasteiger partial charge in [0.1, 0.15) is 11.4 Å². The van der Waals surface area contributed by atoms with Crippen LogP contribution in [-0.4, -0.2) is 43.6 Å². The van der Waals surface area contributed by atoms with Gasteiger partial charge in [-0.05, 0) is 73.5 Å². The maximum absolute atomic E-state index is 13.2. The molecular formula is C28H29N3O4. The molecule has 35 heavy (non-hydrogen) atoms. The Hall–Kier alpha value is -4.26. The monoisotopic (exact) mass is 471 g/mol. The first-order valence-corrected chi connectivity index (χ1v) is 11.3. The van der Waals surface area contributed by atoms with Crippen molar-refractivity contribution < 1.29 is 19.0 Å². The van der Waals surface area contributed by atoms with Gasteiger partial charge in [0.15, 0.2) is 11.5 Å². The van der Waals surface area contributed by atoms with E-state index in [9.17, 15) is 4.79 Å². The molecule has 3 aromatic carbocycles. The van der Waals surface area contributed by atoms with Crippen molar-refractivity contribution in [3.63, 3.8) is 0 Å². The molecule has 0 bridgehead atoms. The molecule has 0 saturated heterocycles. The largest absolute Gasteiger partial charge is 0.497 e. The van der Waals surface area contributed by atoms with Gasteiger partial charge in [-0.2, -0.15) is 5.10 Å². The molecule has 1 N–H and O–H groups in total. The second-order valence-electron chi connectivity index (χ2n) is 8.09. The second-order valence-corrected chi connectivity index (χ2v) is 8.09. The summed E-state index contributed by atoms with van der Waals surface area (Å²) >= 11 is 0. The van der Waals surface area contributed by atoms with Crippen molar-refractivity contribution in [2.24, 2.45) is 0 Å². The zero-order valence-corrected chi connectivity index (χ0v) is 20.4. The highest BCUT2D eigenvalue weighted by atomic mass is 16.5. The lowest BCUT2D eigenvalue weighted by molar-refractivity contribution is 0.0946. The Morgan fingerprint density at radius 3 is 2.23 bits per heavy atom. The maximum atomic E-state index is 13.2. The molecule has 0 radical (unpaired) electrons. The third-order valence-electron chi connectivity index (χ3n) is 5.75. The Bertz CT molecular complexity index is 1300. The summed E-state index contributed by atoms with van der Waals surface area (Å²) in [4.78, 5) is 13.2. The first-order valence-electron chi connectivity index (χ1n) is 11.3. The number of benzene rings is 3. The average molecular weight is 472 g/mol. The summed E-state index contributed by atoms with van der Waals surface area (Å²) in [6, 6.07) is 23.1. The molecule has 1 aromatic heterocycles. The molecule has 0 unspecified atom stereocenters. The topological polar surface area (TPSA) is 74.6 Å². The Balaban J connectivity index is 1.56. The molecule has 0 saturated carbocycles. The van der Waals surface area contributed by atoms with Crippen molar-refractivity contribution in [3.8, 4) is 34.2 Å². The molecule has 4 aromatic rings. The van der Waals surface area contributed by atoms with E-state index in [0.29, 0.717) is 35.9 Å². The van der Waals surface area contributed by atoms with Crippen LogP contribution in [0.25, 0.3) is 16.9 Å². The third-order valence-corrected chi connectivity index (χ3v) is 5.75. The van der Waals surface area contributed by atoms with Crippen molar-refractivity contribution in [2.75, 3.05) is 27.9 Å². The van der Waals surface area contributed by atoms with E-state index >= 15 is 0 Å². The van der Waals surface area contributed by atoms with Crippen LogP contribution in [0.3, 0.4) is 0 Å². The van der Waals surface area contributed by atoms with E-state index in [2.05, 4.69) is 5.32 Å². The van der Waals surface area contributed by atoms with Crippen LogP contribution in [0.2, 0.25) is 0 Å². The van der Waals surface area contributed by atoms with Crippen LogP contribution >= 0.6 is 0 Å². The quantitative estimate of drug-likeness (QED) is 0.378. The van der Waals surface area contributed by atoms with Crippen LogP contribution in [0, 0.1) is 6.92 Å². The highest BCUT2D eigenvalue weighted by Crippen LogP contribution is 2.28. The van der Waals surface area contributed by atoms with Crippen molar-refractivity contribution in [2.45, 2.75) is 13.3 Å². The Kier molecular flexibility index (Phi) is 7.35. The summed E-state index contributed by atoms with van der Waals surface area (Å²) in [6.07, 6.45) is 0.649. The molecule has 0 aliphatic carbocycles. The number of amides is 1. The number of hydrogen-bond donors (Lipinski definition) is 1. The molecule has 0 spiro atoms. The lowest BCUT2D eigenvalue weighted by Crippen LogP contribution is -2.27. The number of aromatic nitrogens is 2. The van der Waals surface area contributed by atoms with Gasteiger partial charge >= 0.3 is 0 Å². The zero-order chi connectivity index (χ0) is 24.8. The van der Waals surface area contributed by atoms with Crippen molar-refractivity contribution in [3.05, 3.63) is 89.6 Å². The minimum absolute atomic E-state index is 0.196. The van der Waals surface area contributed by atoms with E-state index in [1.165, 1.54) is 0 Å². The first kappa shape index (κ1) is 23.9. The van der Waals surface area contributed by atoms with E-state index < -0.39 is 0 Å². The SMILES string of the molecule is COc1ccc(-c2cc(C(=O)NCCc3ccc(OC)c(OC)c3)n(-c3ccc(C)cc3)n2)cc1. The fourth-order valence-corrected chi connectivity index (χ4v) is 3.78. The number of aryl methyl sites for hydroxylation is 1. The smallest absolute Gasteiger partial charge is 0.270 e. The number of nitrogens with one attached hydrogen (secondary N) is 1. The highest BCUT2D eigenvalue weighted by Gasteiger charge is 2.18. The minimum Gasteiger partial charge on any atom is -0.497 e. The summed E-state index contributed by atoms with van der Waals surface area (Å²) in [5.74, 6) is 1.91. The second kappa shape index (κ2) is 10.8. The van der Waals surface area contributed by atoms with Crippen LogP contribution in [0.5, 0.6) is 17.2 Å². The van der Waals surface area contributed by atoms with E-state index in [1.54, 1.807) is 26.0 Å². The van der Waals surface area contributed by atoms with E-state index in [-0.39, 0.29) is 5.91 Å². The lowest BCUT2D eigenvalue weighted by atomic mass is 10.1. The first-order chi connectivity index (χ1) is 17.0. The van der Waals surface area contributed by atoms with Gasteiger partial charge in [-0.3, -0.25) is 4.79 Å². The third kappa shape index (κ3) is 5.46. The van der Waals surface area contributed by atoms with Gasteiger partial charge in [0, 0.05) is 12.1 Å². The summed E-state index contributed by atoms with van der Waals surface area (Å²) in [6.45, 7) is 2.49. The van der Waals surface area contributed by atoms with Gasteiger partial charge in [-0.25, -0.2) is 4.68 Å². The van der Waals surface area contributed by atoms with Crippen molar-refractivity contribution in [1.29, 1.82) is 0 Å². The van der Waals surface area contributed by atoms with E-state index in [0.717, 1.165) is 28.1 Å². The van der Waals surface area contributed by atoms with Gasteiger partial charge < -0.3 is 19.5 Å². The number of carbonyl (C=O) groups is 1. The van der Waals surface area contributed by atoms with Gasteiger partial charge in [0.25, 0.3) is 5.91 Å². The Morgan fingerprint density at radius 1 is 0.857 bits per heavy atom. The van der Waals surface area contributed by atoms with Gasteiger partial charge in [-0.1, -0.05) is 23.8 Å². The number of nitrogens with zero attached hydrogens (tertiary/aromatic N) is 2. The number of rotatable bonds is 9. The number of ether oxygens (including phenoxy) is 3. The van der Waals surface area contributed by atoms with Crippen molar-refractivity contribution in [1.82, 2.24) is 15.1 Å². The molecule has 0 fully saturated rings. The predicted molar refractivity (Wildman–Crippen MR) is 136 cm³/mol. The lowest BCUT2D eigenvalue weighted by Gasteiger charge is -2.11. The minimum atomic E-state index is -0.196. The number of carbonyl (C=O) groups excluding carboxylic acids is 1. The van der Waals surface area contributed by atoms with Gasteiger partial charge in [0.05, 0.1) is 32.7 Å². The average Bonchev–Trinajstić information content (AvgIpc) is 3.34. The van der Waals surface area contributed by atoms with Crippen LogP contribution in [0.1, 0.15) is 21.6 Å². The molecule has 7 nitrogen and oxygen atoms in total. The maximum Gasteiger partial charge on any atom is 0.270 e. The Morgan fingerprint density at radius 2 is 1.57 bits per heavy atom. The highest BCUT2D eigenvalue weighted by molar-refractivity contribution is 5.94. The molecule has 7 heteroatoms. The van der Waals surface area contributed by atoms with Crippen LogP contribution < -0.4 is 19.5 Å². The van der Waals surface area contributed by atoms with Crippen LogP contribution in [0.4, 0.5) is 0 Å². The molecule has 4 rings (SSSR count). The molecule has 180 valence electrons. The number of methoxy groups -OCH3 is 3. The summed E-state index contributed by atoms with van der Waals surface area (Å²) < 4.78 is 17.6. The molecule has 0 aliphatic heterocycles. The standard InChI is InChI=1S/C28H29N3O4/c1-19-5-10-22(11-6-19)31-25(18-24(30-31)21-8-12-23(33-2)13-9-21)28(32)29-16-15-20-7-14-26(34-3)27(17-20)35-4/h5-14,17-18H,15-16H2,1-4H3,(H,29,32). The fraction of sp³-hybridized carbons (Fsp3) is 0.214. The molecule has 0 aliphatic rings. The zero-order valence-electron chi connectivity index (χ0n) is 20.4.